The Labute approximate surface area is 82.3 Å². The van der Waals surface area contributed by atoms with E-state index in [0.717, 1.165) is 6.42 Å². The molecule has 2 atom stereocenters. The zero-order chi connectivity index (χ0) is 10.1. The van der Waals surface area contributed by atoms with E-state index in [0.29, 0.717) is 6.42 Å². The van der Waals surface area contributed by atoms with Crippen LogP contribution in [0.2, 0.25) is 0 Å². The highest BCUT2D eigenvalue weighted by Crippen LogP contribution is 2.09. The maximum absolute atomic E-state index is 9.21. The van der Waals surface area contributed by atoms with Gasteiger partial charge >= 0.3 is 0 Å². The quantitative estimate of drug-likeness (QED) is 0.468. The summed E-state index contributed by atoms with van der Waals surface area (Å²) in [5, 5.41) is 9.21. The summed E-state index contributed by atoms with van der Waals surface area (Å²) >= 11 is 0. The molecule has 2 heteroatoms. The Kier molecular flexibility index (Phi) is 8.46. The zero-order valence-electron chi connectivity index (χ0n) is 9.25. The fourth-order valence-electron chi connectivity index (χ4n) is 1.29. The van der Waals surface area contributed by atoms with Gasteiger partial charge in [-0.15, -0.1) is 0 Å². The summed E-state index contributed by atoms with van der Waals surface area (Å²) in [6, 6.07) is 0. The lowest BCUT2D eigenvalue weighted by Gasteiger charge is -2.16. The standard InChI is InChI=1S/C11H24O2/c1-4-6-7-8-9-10(3)13-11(12)5-2/h10-12H,4-9H2,1-3H3. The van der Waals surface area contributed by atoms with E-state index in [-0.39, 0.29) is 6.10 Å². The van der Waals surface area contributed by atoms with Crippen molar-refractivity contribution < 1.29 is 9.84 Å². The van der Waals surface area contributed by atoms with Gasteiger partial charge in [0, 0.05) is 0 Å². The van der Waals surface area contributed by atoms with Crippen LogP contribution >= 0.6 is 0 Å². The molecular formula is C11H24O2. The van der Waals surface area contributed by atoms with Crippen molar-refractivity contribution in [2.24, 2.45) is 0 Å². The Hall–Kier alpha value is -0.0800. The average molecular weight is 188 g/mol. The van der Waals surface area contributed by atoms with Gasteiger partial charge in [0.15, 0.2) is 6.29 Å². The van der Waals surface area contributed by atoms with E-state index in [2.05, 4.69) is 6.92 Å². The smallest absolute Gasteiger partial charge is 0.154 e. The molecule has 13 heavy (non-hydrogen) atoms. The lowest BCUT2D eigenvalue weighted by atomic mass is 10.1. The average Bonchev–Trinajstić information content (AvgIpc) is 2.12. The van der Waals surface area contributed by atoms with Gasteiger partial charge in [-0.2, -0.15) is 0 Å². The van der Waals surface area contributed by atoms with E-state index in [1.54, 1.807) is 0 Å². The first-order valence-electron chi connectivity index (χ1n) is 5.54. The maximum Gasteiger partial charge on any atom is 0.154 e. The molecule has 0 aromatic rings. The monoisotopic (exact) mass is 188 g/mol. The lowest BCUT2D eigenvalue weighted by Crippen LogP contribution is -2.18. The number of unbranched alkanes of at least 4 members (excludes halogenated alkanes) is 3. The van der Waals surface area contributed by atoms with Gasteiger partial charge in [0.25, 0.3) is 0 Å². The van der Waals surface area contributed by atoms with Crippen molar-refractivity contribution in [3.8, 4) is 0 Å². The van der Waals surface area contributed by atoms with Crippen molar-refractivity contribution in [1.82, 2.24) is 0 Å². The van der Waals surface area contributed by atoms with E-state index in [1.807, 2.05) is 13.8 Å². The first kappa shape index (κ1) is 12.9. The van der Waals surface area contributed by atoms with Gasteiger partial charge in [-0.05, 0) is 19.8 Å². The summed E-state index contributed by atoms with van der Waals surface area (Å²) in [6.07, 6.45) is 6.46. The third kappa shape index (κ3) is 8.26. The molecule has 0 aromatic carbocycles. The Balaban J connectivity index is 3.24. The van der Waals surface area contributed by atoms with Crippen molar-refractivity contribution in [3.63, 3.8) is 0 Å². The third-order valence-electron chi connectivity index (χ3n) is 2.20. The van der Waals surface area contributed by atoms with Gasteiger partial charge in [-0.25, -0.2) is 0 Å². The summed E-state index contributed by atoms with van der Waals surface area (Å²) < 4.78 is 5.34. The number of hydrogen-bond donors (Lipinski definition) is 1. The summed E-state index contributed by atoms with van der Waals surface area (Å²) in [5.41, 5.74) is 0. The van der Waals surface area contributed by atoms with Gasteiger partial charge in [-0.3, -0.25) is 0 Å². The topological polar surface area (TPSA) is 29.5 Å². The fraction of sp³-hybridized carbons (Fsp3) is 1.00. The molecule has 2 unspecified atom stereocenters. The van der Waals surface area contributed by atoms with Crippen LogP contribution in [0.4, 0.5) is 0 Å². The third-order valence-corrected chi connectivity index (χ3v) is 2.20. The predicted octanol–water partition coefficient (Wildman–Crippen LogP) is 3.09. The van der Waals surface area contributed by atoms with E-state index in [1.165, 1.54) is 25.7 Å². The second-order valence-electron chi connectivity index (χ2n) is 3.66. The van der Waals surface area contributed by atoms with Crippen molar-refractivity contribution in [1.29, 1.82) is 0 Å². The molecule has 0 radical (unpaired) electrons. The molecular weight excluding hydrogens is 164 g/mol. The molecule has 0 aliphatic carbocycles. The number of aliphatic hydroxyl groups excluding tert-OH is 1. The summed E-state index contributed by atoms with van der Waals surface area (Å²) in [7, 11) is 0. The minimum atomic E-state index is -0.568. The number of ether oxygens (including phenoxy) is 1. The van der Waals surface area contributed by atoms with Crippen LogP contribution in [0.25, 0.3) is 0 Å². The summed E-state index contributed by atoms with van der Waals surface area (Å²) in [4.78, 5) is 0. The van der Waals surface area contributed by atoms with Gasteiger partial charge < -0.3 is 9.84 Å². The second kappa shape index (κ2) is 8.52. The molecule has 2 nitrogen and oxygen atoms in total. The van der Waals surface area contributed by atoms with Crippen LogP contribution in [0, 0.1) is 0 Å². The summed E-state index contributed by atoms with van der Waals surface area (Å²) in [6.45, 7) is 6.17. The highest BCUT2D eigenvalue weighted by atomic mass is 16.6. The minimum absolute atomic E-state index is 0.201. The molecule has 0 spiro atoms. The highest BCUT2D eigenvalue weighted by Gasteiger charge is 2.07. The predicted molar refractivity (Wildman–Crippen MR) is 55.6 cm³/mol. The molecule has 0 aliphatic rings. The van der Waals surface area contributed by atoms with Crippen molar-refractivity contribution in [2.45, 2.75) is 71.7 Å². The van der Waals surface area contributed by atoms with E-state index in [4.69, 9.17) is 4.74 Å². The molecule has 0 heterocycles. The highest BCUT2D eigenvalue weighted by molar-refractivity contribution is 4.52. The second-order valence-corrected chi connectivity index (χ2v) is 3.66. The van der Waals surface area contributed by atoms with Crippen LogP contribution in [0.3, 0.4) is 0 Å². The number of aliphatic hydroxyl groups is 1. The van der Waals surface area contributed by atoms with Gasteiger partial charge in [0.2, 0.25) is 0 Å². The van der Waals surface area contributed by atoms with Gasteiger partial charge in [-0.1, -0.05) is 39.5 Å². The van der Waals surface area contributed by atoms with Crippen LogP contribution in [-0.2, 0) is 4.74 Å². The van der Waals surface area contributed by atoms with Crippen LogP contribution in [-0.4, -0.2) is 17.5 Å². The maximum atomic E-state index is 9.21. The molecule has 0 fully saturated rings. The first-order chi connectivity index (χ1) is 6.20. The minimum Gasteiger partial charge on any atom is -0.368 e. The van der Waals surface area contributed by atoms with Crippen molar-refractivity contribution in [2.75, 3.05) is 0 Å². The molecule has 0 saturated carbocycles. The Morgan fingerprint density at radius 2 is 1.85 bits per heavy atom. The van der Waals surface area contributed by atoms with Crippen LogP contribution in [0.5, 0.6) is 0 Å². The van der Waals surface area contributed by atoms with Crippen molar-refractivity contribution in [3.05, 3.63) is 0 Å². The largest absolute Gasteiger partial charge is 0.368 e. The Morgan fingerprint density at radius 1 is 1.15 bits per heavy atom. The Morgan fingerprint density at radius 3 is 2.38 bits per heavy atom. The normalized spacial score (nSPS) is 15.7. The van der Waals surface area contributed by atoms with Crippen LogP contribution in [0.15, 0.2) is 0 Å². The van der Waals surface area contributed by atoms with Crippen molar-refractivity contribution >= 4 is 0 Å². The van der Waals surface area contributed by atoms with E-state index in [9.17, 15) is 5.11 Å². The Bertz CT molecular complexity index is 104. The van der Waals surface area contributed by atoms with E-state index >= 15 is 0 Å². The molecule has 0 rings (SSSR count). The first-order valence-corrected chi connectivity index (χ1v) is 5.54. The van der Waals surface area contributed by atoms with E-state index < -0.39 is 6.29 Å². The molecule has 80 valence electrons. The number of hydrogen-bond acceptors (Lipinski definition) is 2. The van der Waals surface area contributed by atoms with Crippen LogP contribution < -0.4 is 0 Å². The molecule has 0 aliphatic heterocycles. The molecule has 0 amide bonds. The van der Waals surface area contributed by atoms with Gasteiger partial charge in [0.05, 0.1) is 6.10 Å². The summed E-state index contributed by atoms with van der Waals surface area (Å²) in [5.74, 6) is 0. The lowest BCUT2D eigenvalue weighted by molar-refractivity contribution is -0.133. The zero-order valence-corrected chi connectivity index (χ0v) is 9.25. The fourth-order valence-corrected chi connectivity index (χ4v) is 1.29. The molecule has 1 N–H and O–H groups in total. The van der Waals surface area contributed by atoms with Crippen LogP contribution in [0.1, 0.15) is 59.3 Å². The molecule has 0 bridgehead atoms. The number of rotatable bonds is 8. The van der Waals surface area contributed by atoms with Gasteiger partial charge in [0.1, 0.15) is 0 Å². The molecule has 0 saturated heterocycles. The molecule has 0 aromatic heterocycles. The SMILES string of the molecule is CCCCCCC(C)OC(O)CC.